The Morgan fingerprint density at radius 1 is 1.17 bits per heavy atom. The molecule has 1 aromatic rings. The molecule has 1 aliphatic rings. The van der Waals surface area contributed by atoms with Crippen molar-refractivity contribution in [2.45, 2.75) is 56.5 Å². The molecule has 0 aromatic heterocycles. The third-order valence-corrected chi connectivity index (χ3v) is 8.67. The van der Waals surface area contributed by atoms with Gasteiger partial charge in [-0.05, 0) is 37.0 Å². The number of carboxylic acid groups (broad SMARTS) is 1. The molecule has 1 heterocycles. The zero-order chi connectivity index (χ0) is 22.4. The van der Waals surface area contributed by atoms with E-state index in [-0.39, 0.29) is 48.2 Å². The Morgan fingerprint density at radius 2 is 1.83 bits per heavy atom. The topological polar surface area (TPSA) is 138 Å². The Hall–Kier alpha value is -1.98. The maximum atomic E-state index is 13.2. The Labute approximate surface area is 177 Å². The number of unbranched alkanes of at least 4 members (excludes halogenated alkanes) is 2. The summed E-state index contributed by atoms with van der Waals surface area (Å²) in [6.45, 7) is 1.81. The molecule has 1 fully saturated rings. The van der Waals surface area contributed by atoms with Gasteiger partial charge in [0, 0.05) is 32.5 Å². The van der Waals surface area contributed by atoms with Crippen LogP contribution in [0.25, 0.3) is 0 Å². The van der Waals surface area contributed by atoms with Gasteiger partial charge in [0.15, 0.2) is 9.84 Å². The highest BCUT2D eigenvalue weighted by molar-refractivity contribution is 7.92. The number of amides is 1. The molecule has 1 aliphatic heterocycles. The average molecular weight is 461 g/mol. The Kier molecular flexibility index (Phi) is 8.39. The van der Waals surface area contributed by atoms with Gasteiger partial charge in [0.2, 0.25) is 15.9 Å². The quantitative estimate of drug-likeness (QED) is 0.472. The molecule has 168 valence electrons. The van der Waals surface area contributed by atoms with Crippen LogP contribution in [0.1, 0.15) is 44.6 Å². The molecule has 30 heavy (non-hydrogen) atoms. The van der Waals surface area contributed by atoms with Crippen LogP contribution in [0.15, 0.2) is 29.2 Å². The second-order valence-electron chi connectivity index (χ2n) is 7.43. The van der Waals surface area contributed by atoms with E-state index >= 15 is 0 Å². The van der Waals surface area contributed by atoms with Crippen molar-refractivity contribution in [2.24, 2.45) is 0 Å². The Morgan fingerprint density at radius 3 is 2.37 bits per heavy atom. The van der Waals surface area contributed by atoms with E-state index in [0.29, 0.717) is 19.3 Å². The van der Waals surface area contributed by atoms with E-state index < -0.39 is 31.9 Å². The lowest BCUT2D eigenvalue weighted by atomic mass is 10.2. The number of hydrogen-bond acceptors (Lipinski definition) is 6. The highest BCUT2D eigenvalue weighted by atomic mass is 32.2. The second kappa shape index (κ2) is 10.4. The van der Waals surface area contributed by atoms with Gasteiger partial charge in [-0.2, -0.15) is 4.31 Å². The zero-order valence-corrected chi connectivity index (χ0v) is 18.5. The summed E-state index contributed by atoms with van der Waals surface area (Å²) in [7, 11) is -7.20. The summed E-state index contributed by atoms with van der Waals surface area (Å²) >= 11 is 0. The van der Waals surface area contributed by atoms with Crippen LogP contribution < -0.4 is 5.32 Å². The van der Waals surface area contributed by atoms with Crippen molar-refractivity contribution in [3.63, 3.8) is 0 Å². The molecule has 1 amide bonds. The summed E-state index contributed by atoms with van der Waals surface area (Å²) < 4.78 is 51.6. The summed E-state index contributed by atoms with van der Waals surface area (Å²) in [5.74, 6) is -1.34. The van der Waals surface area contributed by atoms with Crippen molar-refractivity contribution < 1.29 is 31.5 Å². The fourth-order valence-electron chi connectivity index (χ4n) is 3.36. The van der Waals surface area contributed by atoms with Gasteiger partial charge >= 0.3 is 5.97 Å². The summed E-state index contributed by atoms with van der Waals surface area (Å²) in [6, 6.07) is 5.50. The largest absolute Gasteiger partial charge is 0.481 e. The fraction of sp³-hybridized carbons (Fsp3) is 0.579. The van der Waals surface area contributed by atoms with Gasteiger partial charge in [0.05, 0.1) is 16.4 Å². The number of nitrogens with one attached hydrogen (secondary N) is 1. The first-order valence-corrected chi connectivity index (χ1v) is 13.0. The molecule has 0 saturated carbocycles. The van der Waals surface area contributed by atoms with Gasteiger partial charge in [-0.15, -0.1) is 0 Å². The predicted molar refractivity (Wildman–Crippen MR) is 111 cm³/mol. The minimum Gasteiger partial charge on any atom is -0.481 e. The predicted octanol–water partition coefficient (Wildman–Crippen LogP) is 1.15. The molecule has 2 rings (SSSR count). The average Bonchev–Trinajstić information content (AvgIpc) is 3.02. The highest BCUT2D eigenvalue weighted by Gasteiger charge is 2.38. The second-order valence-corrected chi connectivity index (χ2v) is 11.5. The van der Waals surface area contributed by atoms with Gasteiger partial charge < -0.3 is 10.4 Å². The number of benzene rings is 1. The van der Waals surface area contributed by atoms with Gasteiger partial charge in [-0.1, -0.05) is 18.6 Å². The number of nitrogens with zero attached hydrogens (tertiary/aromatic N) is 1. The standard InChI is InChI=1S/C19H28N2O7S2/c1-15(22)20-13-16-6-8-18(9-7-16)30(27,28)21(11-4-2-3-5-19(23)24)17-10-12-29(25,26)14-17/h6-9,17H,2-5,10-14H2,1H3,(H,20,22)(H,23,24)/t17-/m0/s1. The molecule has 1 aromatic carbocycles. The lowest BCUT2D eigenvalue weighted by Crippen LogP contribution is -2.41. The monoisotopic (exact) mass is 460 g/mol. The van der Waals surface area contributed by atoms with Crippen molar-refractivity contribution >= 4 is 31.7 Å². The summed E-state index contributed by atoms with van der Waals surface area (Å²) in [4.78, 5) is 21.7. The normalized spacial score (nSPS) is 18.4. The Bertz CT molecular complexity index is 957. The molecule has 0 spiro atoms. The lowest BCUT2D eigenvalue weighted by molar-refractivity contribution is -0.137. The molecule has 0 unspecified atom stereocenters. The van der Waals surface area contributed by atoms with Crippen molar-refractivity contribution in [1.82, 2.24) is 9.62 Å². The highest BCUT2D eigenvalue weighted by Crippen LogP contribution is 2.26. The number of carbonyl (C=O) groups is 2. The van der Waals surface area contributed by atoms with Gasteiger partial charge in [0.1, 0.15) is 0 Å². The maximum Gasteiger partial charge on any atom is 0.303 e. The number of sulfone groups is 1. The van der Waals surface area contributed by atoms with Crippen LogP contribution >= 0.6 is 0 Å². The van der Waals surface area contributed by atoms with Crippen LogP contribution in [-0.2, 0) is 36.0 Å². The molecule has 2 N–H and O–H groups in total. The van der Waals surface area contributed by atoms with Crippen LogP contribution in [0.3, 0.4) is 0 Å². The summed E-state index contributed by atoms with van der Waals surface area (Å²) in [5, 5.41) is 11.4. The van der Waals surface area contributed by atoms with Crippen molar-refractivity contribution in [3.05, 3.63) is 29.8 Å². The molecule has 0 radical (unpaired) electrons. The van der Waals surface area contributed by atoms with Gasteiger partial charge in [-0.25, -0.2) is 16.8 Å². The lowest BCUT2D eigenvalue weighted by Gasteiger charge is -2.27. The zero-order valence-electron chi connectivity index (χ0n) is 16.9. The molecule has 1 saturated heterocycles. The molecule has 9 nitrogen and oxygen atoms in total. The third-order valence-electron chi connectivity index (χ3n) is 4.96. The molecular weight excluding hydrogens is 432 g/mol. The minimum atomic E-state index is -3.92. The molecule has 0 aliphatic carbocycles. The first-order chi connectivity index (χ1) is 14.0. The number of carbonyl (C=O) groups excluding carboxylic acids is 1. The van der Waals surface area contributed by atoms with Crippen LogP contribution in [0, 0.1) is 0 Å². The number of sulfonamides is 1. The van der Waals surface area contributed by atoms with Crippen molar-refractivity contribution in [3.8, 4) is 0 Å². The first kappa shape index (κ1) is 24.3. The van der Waals surface area contributed by atoms with E-state index in [0.717, 1.165) is 5.56 Å². The molecule has 11 heteroatoms. The van der Waals surface area contributed by atoms with Crippen molar-refractivity contribution in [2.75, 3.05) is 18.1 Å². The van der Waals surface area contributed by atoms with Crippen LogP contribution in [-0.4, -0.2) is 62.2 Å². The smallest absolute Gasteiger partial charge is 0.303 e. The number of aliphatic carboxylic acids is 1. The summed E-state index contributed by atoms with van der Waals surface area (Å²) in [5.41, 5.74) is 0.743. The Balaban J connectivity index is 2.16. The van der Waals surface area contributed by atoms with E-state index in [1.54, 1.807) is 12.1 Å². The minimum absolute atomic E-state index is 0.0142. The maximum absolute atomic E-state index is 13.2. The fourth-order valence-corrected chi connectivity index (χ4v) is 6.88. The van der Waals surface area contributed by atoms with E-state index in [1.165, 1.54) is 23.4 Å². The van der Waals surface area contributed by atoms with E-state index in [4.69, 9.17) is 5.11 Å². The number of carboxylic acids is 1. The first-order valence-electron chi connectivity index (χ1n) is 9.79. The molecule has 0 bridgehead atoms. The van der Waals surface area contributed by atoms with Crippen LogP contribution in [0.5, 0.6) is 0 Å². The number of hydrogen-bond donors (Lipinski definition) is 2. The van der Waals surface area contributed by atoms with E-state index in [2.05, 4.69) is 5.32 Å². The molecule has 1 atom stereocenters. The van der Waals surface area contributed by atoms with Gasteiger partial charge in [-0.3, -0.25) is 9.59 Å². The van der Waals surface area contributed by atoms with Crippen molar-refractivity contribution in [1.29, 1.82) is 0 Å². The van der Waals surface area contributed by atoms with Gasteiger partial charge in [0.25, 0.3) is 0 Å². The van der Waals surface area contributed by atoms with Crippen LogP contribution in [0.2, 0.25) is 0 Å². The SMILES string of the molecule is CC(=O)NCc1ccc(S(=O)(=O)N(CCCCCC(=O)O)[C@H]2CCS(=O)(=O)C2)cc1. The van der Waals surface area contributed by atoms with Crippen LogP contribution in [0.4, 0.5) is 0 Å². The third kappa shape index (κ3) is 7.06. The van der Waals surface area contributed by atoms with E-state index in [9.17, 15) is 26.4 Å². The molecular formula is C19H28N2O7S2. The number of rotatable bonds is 11. The van der Waals surface area contributed by atoms with E-state index in [1.807, 2.05) is 0 Å². The summed E-state index contributed by atoms with van der Waals surface area (Å²) in [6.07, 6.45) is 1.68.